The number of aromatic nitrogens is 4. The average Bonchev–Trinajstić information content (AvgIpc) is 2.85. The van der Waals surface area contributed by atoms with E-state index in [0.29, 0.717) is 0 Å². The van der Waals surface area contributed by atoms with Crippen molar-refractivity contribution in [2.75, 3.05) is 0 Å². The predicted octanol–water partition coefficient (Wildman–Crippen LogP) is 2.03. The van der Waals surface area contributed by atoms with E-state index in [0.717, 1.165) is 29.2 Å². The van der Waals surface area contributed by atoms with Crippen molar-refractivity contribution in [2.24, 2.45) is 5.73 Å². The van der Waals surface area contributed by atoms with E-state index in [-0.39, 0.29) is 11.5 Å². The smallest absolute Gasteiger partial charge is 0.183 e. The topological polar surface area (TPSA) is 72.0 Å². The van der Waals surface area contributed by atoms with E-state index >= 15 is 0 Å². The van der Waals surface area contributed by atoms with Gasteiger partial charge in [-0.05, 0) is 6.42 Å². The van der Waals surface area contributed by atoms with Crippen molar-refractivity contribution in [3.05, 3.63) is 35.8 Å². The standard InChI is InChI=1S/C14H19N5/c1-14(2,3)11-8-12-16-13(18-19(12)17-11)9-5-4-6-10(15)7-9/h4-5,7-8,10,17H,6,15H2,1-3H3. The Morgan fingerprint density at radius 2 is 2.21 bits per heavy atom. The lowest BCUT2D eigenvalue weighted by Gasteiger charge is -2.14. The Morgan fingerprint density at radius 1 is 1.42 bits per heavy atom. The number of nitrogens with two attached hydrogens (primary N) is 1. The van der Waals surface area contributed by atoms with Gasteiger partial charge in [0.25, 0.3) is 0 Å². The normalized spacial score (nSPS) is 20.0. The van der Waals surface area contributed by atoms with Crippen molar-refractivity contribution in [1.82, 2.24) is 19.8 Å². The molecule has 3 rings (SSSR count). The van der Waals surface area contributed by atoms with Crippen LogP contribution in [0.1, 0.15) is 38.7 Å². The third kappa shape index (κ3) is 2.21. The van der Waals surface area contributed by atoms with Gasteiger partial charge in [-0.1, -0.05) is 39.0 Å². The van der Waals surface area contributed by atoms with Gasteiger partial charge >= 0.3 is 0 Å². The second-order valence-corrected chi connectivity index (χ2v) is 6.05. The molecule has 2 aromatic rings. The summed E-state index contributed by atoms with van der Waals surface area (Å²) in [6.07, 6.45) is 6.99. The van der Waals surface area contributed by atoms with E-state index in [1.54, 1.807) is 4.63 Å². The van der Waals surface area contributed by atoms with Crippen LogP contribution in [0.3, 0.4) is 0 Å². The first-order valence-corrected chi connectivity index (χ1v) is 6.54. The molecule has 2 aromatic heterocycles. The minimum atomic E-state index is 0.0620. The summed E-state index contributed by atoms with van der Waals surface area (Å²) < 4.78 is 1.73. The van der Waals surface area contributed by atoms with E-state index in [1.807, 2.05) is 18.2 Å². The van der Waals surface area contributed by atoms with Crippen molar-refractivity contribution in [3.8, 4) is 0 Å². The maximum absolute atomic E-state index is 5.92. The van der Waals surface area contributed by atoms with Crippen LogP contribution in [-0.2, 0) is 5.41 Å². The highest BCUT2D eigenvalue weighted by Gasteiger charge is 2.19. The van der Waals surface area contributed by atoms with Gasteiger partial charge in [0.05, 0.1) is 0 Å². The van der Waals surface area contributed by atoms with Gasteiger partial charge in [0.1, 0.15) is 0 Å². The Bertz CT molecular complexity index is 634. The number of rotatable bonds is 1. The summed E-state index contributed by atoms with van der Waals surface area (Å²) in [4.78, 5) is 4.55. The van der Waals surface area contributed by atoms with Crippen LogP contribution < -0.4 is 5.73 Å². The second kappa shape index (κ2) is 4.06. The van der Waals surface area contributed by atoms with Gasteiger partial charge in [0, 0.05) is 28.8 Å². The summed E-state index contributed by atoms with van der Waals surface area (Å²) in [5, 5.41) is 7.75. The van der Waals surface area contributed by atoms with Crippen LogP contribution in [-0.4, -0.2) is 25.9 Å². The number of allylic oxidation sites excluding steroid dienone is 2. The van der Waals surface area contributed by atoms with Crippen LogP contribution >= 0.6 is 0 Å². The largest absolute Gasteiger partial charge is 0.324 e. The Kier molecular flexibility index (Phi) is 2.60. The SMILES string of the molecule is CC(C)(C)c1cc2nc(C3=CC(N)CC=C3)nn2[nH]1. The molecule has 0 aliphatic heterocycles. The maximum atomic E-state index is 5.92. The van der Waals surface area contributed by atoms with Crippen LogP contribution in [0.25, 0.3) is 11.2 Å². The molecule has 0 spiro atoms. The molecule has 19 heavy (non-hydrogen) atoms. The molecule has 5 nitrogen and oxygen atoms in total. The zero-order valence-corrected chi connectivity index (χ0v) is 11.5. The second-order valence-electron chi connectivity index (χ2n) is 6.05. The molecule has 0 saturated carbocycles. The van der Waals surface area contributed by atoms with E-state index < -0.39 is 0 Å². The molecule has 3 N–H and O–H groups in total. The minimum absolute atomic E-state index is 0.0620. The van der Waals surface area contributed by atoms with E-state index in [9.17, 15) is 0 Å². The van der Waals surface area contributed by atoms with Gasteiger partial charge in [-0.15, -0.1) is 5.10 Å². The van der Waals surface area contributed by atoms with Crippen molar-refractivity contribution >= 4 is 11.2 Å². The number of hydrogen-bond donors (Lipinski definition) is 2. The zero-order chi connectivity index (χ0) is 13.6. The Labute approximate surface area is 112 Å². The van der Waals surface area contributed by atoms with Gasteiger partial charge in [-0.25, -0.2) is 4.98 Å². The molecule has 0 radical (unpaired) electrons. The summed E-state index contributed by atoms with van der Waals surface area (Å²) in [6, 6.07) is 2.11. The van der Waals surface area contributed by atoms with Crippen LogP contribution in [0.2, 0.25) is 0 Å². The fourth-order valence-corrected chi connectivity index (χ4v) is 2.14. The molecular weight excluding hydrogens is 238 g/mol. The number of nitrogens with zero attached hydrogens (tertiary/aromatic N) is 3. The van der Waals surface area contributed by atoms with Crippen molar-refractivity contribution in [2.45, 2.75) is 38.6 Å². The third-order valence-electron chi connectivity index (χ3n) is 3.30. The molecule has 0 bridgehead atoms. The number of aromatic amines is 1. The lowest BCUT2D eigenvalue weighted by Crippen LogP contribution is -2.18. The van der Waals surface area contributed by atoms with Crippen molar-refractivity contribution in [1.29, 1.82) is 0 Å². The van der Waals surface area contributed by atoms with Gasteiger partial charge < -0.3 is 5.73 Å². The molecule has 0 aromatic carbocycles. The first kappa shape index (κ1) is 12.2. The molecule has 0 amide bonds. The number of nitrogens with one attached hydrogen (secondary N) is 1. The highest BCUT2D eigenvalue weighted by Crippen LogP contribution is 2.23. The number of fused-ring (bicyclic) bond motifs is 1. The average molecular weight is 257 g/mol. The van der Waals surface area contributed by atoms with Gasteiger partial charge in [-0.2, -0.15) is 4.63 Å². The summed E-state index contributed by atoms with van der Waals surface area (Å²) in [6.45, 7) is 6.47. The van der Waals surface area contributed by atoms with E-state index in [2.05, 4.69) is 42.0 Å². The summed E-state index contributed by atoms with van der Waals surface area (Å²) in [5.41, 5.74) is 8.94. The fourth-order valence-electron chi connectivity index (χ4n) is 2.14. The first-order valence-electron chi connectivity index (χ1n) is 6.54. The van der Waals surface area contributed by atoms with Gasteiger partial charge in [0.2, 0.25) is 0 Å². The van der Waals surface area contributed by atoms with Crippen LogP contribution in [0.15, 0.2) is 24.3 Å². The monoisotopic (exact) mass is 257 g/mol. The third-order valence-corrected chi connectivity index (χ3v) is 3.30. The van der Waals surface area contributed by atoms with Crippen LogP contribution in [0, 0.1) is 0 Å². The molecular formula is C14H19N5. The lowest BCUT2D eigenvalue weighted by atomic mass is 9.93. The number of H-pyrrole nitrogens is 1. The Hall–Kier alpha value is -1.88. The lowest BCUT2D eigenvalue weighted by molar-refractivity contribution is 0.557. The quantitative estimate of drug-likeness (QED) is 0.821. The minimum Gasteiger partial charge on any atom is -0.324 e. The van der Waals surface area contributed by atoms with E-state index in [1.165, 1.54) is 0 Å². The molecule has 2 heterocycles. The Balaban J connectivity index is 2.00. The molecule has 0 fully saturated rings. The summed E-state index contributed by atoms with van der Waals surface area (Å²) in [5.74, 6) is 0.720. The zero-order valence-electron chi connectivity index (χ0n) is 11.5. The summed E-state index contributed by atoms with van der Waals surface area (Å²) >= 11 is 0. The van der Waals surface area contributed by atoms with Crippen molar-refractivity contribution in [3.63, 3.8) is 0 Å². The highest BCUT2D eigenvalue weighted by molar-refractivity contribution is 5.72. The van der Waals surface area contributed by atoms with Crippen LogP contribution in [0.4, 0.5) is 0 Å². The molecule has 0 saturated heterocycles. The molecule has 1 unspecified atom stereocenters. The fraction of sp³-hybridized carbons (Fsp3) is 0.429. The molecule has 100 valence electrons. The number of hydrogen-bond acceptors (Lipinski definition) is 3. The molecule has 5 heteroatoms. The summed E-state index contributed by atoms with van der Waals surface area (Å²) in [7, 11) is 0. The van der Waals surface area contributed by atoms with Crippen molar-refractivity contribution < 1.29 is 0 Å². The Morgan fingerprint density at radius 3 is 2.84 bits per heavy atom. The molecule has 1 aliphatic rings. The van der Waals surface area contributed by atoms with Gasteiger partial charge in [0.15, 0.2) is 11.5 Å². The maximum Gasteiger partial charge on any atom is 0.183 e. The first-order chi connectivity index (χ1) is 8.93. The molecule has 1 atom stereocenters. The van der Waals surface area contributed by atoms with Gasteiger partial charge in [-0.3, -0.25) is 5.10 Å². The highest BCUT2D eigenvalue weighted by atomic mass is 15.5. The van der Waals surface area contributed by atoms with Crippen LogP contribution in [0.5, 0.6) is 0 Å². The van der Waals surface area contributed by atoms with E-state index in [4.69, 9.17) is 5.73 Å². The predicted molar refractivity (Wildman–Crippen MR) is 75.7 cm³/mol. The molecule has 1 aliphatic carbocycles.